The molecule has 0 radical (unpaired) electrons. The van der Waals surface area contributed by atoms with Crippen LogP contribution in [0.5, 0.6) is 0 Å². The van der Waals surface area contributed by atoms with Crippen LogP contribution >= 0.6 is 11.6 Å². The Morgan fingerprint density at radius 1 is 1.16 bits per heavy atom. The molecule has 2 N–H and O–H groups in total. The Bertz CT molecular complexity index is 672. The van der Waals surface area contributed by atoms with Crippen LogP contribution < -0.4 is 5.73 Å². The molecule has 0 unspecified atom stereocenters. The average molecular weight is 273 g/mol. The third-order valence-electron chi connectivity index (χ3n) is 4.94. The Balaban J connectivity index is 1.90. The van der Waals surface area contributed by atoms with E-state index < -0.39 is 0 Å². The van der Waals surface area contributed by atoms with E-state index >= 15 is 0 Å². The summed E-state index contributed by atoms with van der Waals surface area (Å²) < 4.78 is 0. The zero-order valence-corrected chi connectivity index (χ0v) is 11.6. The van der Waals surface area contributed by atoms with Gasteiger partial charge in [0, 0.05) is 21.8 Å². The number of benzene rings is 1. The second-order valence-electron chi connectivity index (χ2n) is 6.17. The Hall–Kier alpha value is -1.28. The number of halogens is 1. The van der Waals surface area contributed by atoms with Crippen LogP contribution in [-0.4, -0.2) is 4.98 Å². The van der Waals surface area contributed by atoms with Gasteiger partial charge < -0.3 is 5.73 Å². The summed E-state index contributed by atoms with van der Waals surface area (Å²) in [5.74, 6) is 0. The van der Waals surface area contributed by atoms with Crippen molar-refractivity contribution >= 4 is 28.2 Å². The van der Waals surface area contributed by atoms with Gasteiger partial charge >= 0.3 is 0 Å². The molecule has 0 bridgehead atoms. The molecular weight excluding hydrogens is 256 g/mol. The Labute approximate surface area is 118 Å². The molecule has 2 aliphatic carbocycles. The summed E-state index contributed by atoms with van der Waals surface area (Å²) in [4.78, 5) is 4.83. The highest BCUT2D eigenvalue weighted by atomic mass is 35.5. The molecule has 3 heteroatoms. The lowest BCUT2D eigenvalue weighted by Gasteiger charge is -2.21. The number of fused-ring (bicyclic) bond motifs is 2. The quantitative estimate of drug-likeness (QED) is 0.783. The van der Waals surface area contributed by atoms with E-state index in [1.165, 1.54) is 36.9 Å². The van der Waals surface area contributed by atoms with Gasteiger partial charge in [0.15, 0.2) is 0 Å². The average Bonchev–Trinajstić information content (AvgIpc) is 2.97. The van der Waals surface area contributed by atoms with Gasteiger partial charge in [0.05, 0.1) is 5.52 Å². The van der Waals surface area contributed by atoms with Gasteiger partial charge in [-0.15, -0.1) is 0 Å². The molecule has 2 nitrogen and oxygen atoms in total. The summed E-state index contributed by atoms with van der Waals surface area (Å²) in [6, 6.07) is 5.82. The topological polar surface area (TPSA) is 38.9 Å². The van der Waals surface area contributed by atoms with Crippen LogP contribution in [-0.2, 0) is 12.8 Å². The summed E-state index contributed by atoms with van der Waals surface area (Å²) in [6.07, 6.45) is 7.62. The highest BCUT2D eigenvalue weighted by Gasteiger charge is 2.41. The van der Waals surface area contributed by atoms with Crippen molar-refractivity contribution in [2.75, 3.05) is 5.73 Å². The van der Waals surface area contributed by atoms with Crippen LogP contribution in [0.4, 0.5) is 5.69 Å². The number of rotatable bonds is 0. The van der Waals surface area contributed by atoms with Crippen LogP contribution in [0.3, 0.4) is 0 Å². The normalized spacial score (nSPS) is 20.3. The van der Waals surface area contributed by atoms with Crippen molar-refractivity contribution in [3.8, 4) is 0 Å². The van der Waals surface area contributed by atoms with E-state index in [-0.39, 0.29) is 0 Å². The number of hydrogen-bond donors (Lipinski definition) is 1. The molecule has 2 aliphatic rings. The van der Waals surface area contributed by atoms with Crippen molar-refractivity contribution in [3.05, 3.63) is 34.5 Å². The Morgan fingerprint density at radius 2 is 1.95 bits per heavy atom. The summed E-state index contributed by atoms with van der Waals surface area (Å²) in [5, 5.41) is 1.78. The molecule has 1 heterocycles. The van der Waals surface area contributed by atoms with E-state index in [0.717, 1.165) is 34.5 Å². The number of nitrogens with zero attached hydrogens (tertiary/aromatic N) is 1. The van der Waals surface area contributed by atoms with Crippen LogP contribution in [0.25, 0.3) is 10.9 Å². The van der Waals surface area contributed by atoms with E-state index in [2.05, 4.69) is 0 Å². The molecule has 1 aromatic heterocycles. The van der Waals surface area contributed by atoms with Gasteiger partial charge in [-0.25, -0.2) is 0 Å². The molecule has 0 amide bonds. The number of hydrogen-bond acceptors (Lipinski definition) is 2. The number of pyridine rings is 1. The lowest BCUT2D eigenvalue weighted by atomic mass is 9.83. The highest BCUT2D eigenvalue weighted by Crippen LogP contribution is 2.50. The van der Waals surface area contributed by atoms with Gasteiger partial charge in [-0.1, -0.05) is 24.4 Å². The fraction of sp³-hybridized carbons (Fsp3) is 0.438. The van der Waals surface area contributed by atoms with Crippen LogP contribution in [0, 0.1) is 5.41 Å². The predicted molar refractivity (Wildman–Crippen MR) is 79.5 cm³/mol. The molecule has 19 heavy (non-hydrogen) atoms. The summed E-state index contributed by atoms with van der Waals surface area (Å²) in [5.41, 5.74) is 11.2. The van der Waals surface area contributed by atoms with E-state index in [9.17, 15) is 0 Å². The number of anilines is 1. The van der Waals surface area contributed by atoms with Crippen molar-refractivity contribution in [1.82, 2.24) is 4.98 Å². The van der Waals surface area contributed by atoms with Crippen molar-refractivity contribution in [2.24, 2.45) is 5.41 Å². The maximum absolute atomic E-state index is 6.39. The molecule has 1 spiro atoms. The van der Waals surface area contributed by atoms with Crippen LogP contribution in [0.2, 0.25) is 5.02 Å². The molecular formula is C16H17ClN2. The van der Waals surface area contributed by atoms with Gasteiger partial charge in [0.2, 0.25) is 0 Å². The first-order valence-electron chi connectivity index (χ1n) is 7.03. The second-order valence-corrected chi connectivity index (χ2v) is 6.61. The van der Waals surface area contributed by atoms with Crippen LogP contribution in [0.15, 0.2) is 18.2 Å². The van der Waals surface area contributed by atoms with Gasteiger partial charge in [0.1, 0.15) is 0 Å². The molecule has 1 aromatic carbocycles. The molecule has 1 fully saturated rings. The second kappa shape index (κ2) is 3.86. The molecule has 0 atom stereocenters. The lowest BCUT2D eigenvalue weighted by Crippen LogP contribution is -2.16. The summed E-state index contributed by atoms with van der Waals surface area (Å²) in [7, 11) is 0. The zero-order valence-electron chi connectivity index (χ0n) is 10.9. The minimum absolute atomic E-state index is 0.463. The van der Waals surface area contributed by atoms with Crippen LogP contribution in [0.1, 0.15) is 36.9 Å². The minimum atomic E-state index is 0.463. The highest BCUT2D eigenvalue weighted by molar-refractivity contribution is 6.31. The lowest BCUT2D eigenvalue weighted by molar-refractivity contribution is 0.316. The SMILES string of the molecule is Nc1c2c(nc3cc(Cl)ccc13)CC1(CCCC1)C2. The minimum Gasteiger partial charge on any atom is -0.398 e. The number of aromatic nitrogens is 1. The third-order valence-corrected chi connectivity index (χ3v) is 5.17. The van der Waals surface area contributed by atoms with Gasteiger partial charge in [-0.2, -0.15) is 0 Å². The van der Waals surface area contributed by atoms with E-state index in [1.807, 2.05) is 18.2 Å². The number of nitrogens with two attached hydrogens (primary N) is 1. The first-order valence-corrected chi connectivity index (χ1v) is 7.41. The van der Waals surface area contributed by atoms with E-state index in [0.29, 0.717) is 5.41 Å². The Morgan fingerprint density at radius 3 is 2.74 bits per heavy atom. The fourth-order valence-electron chi connectivity index (χ4n) is 3.97. The van der Waals surface area contributed by atoms with Crippen molar-refractivity contribution in [3.63, 3.8) is 0 Å². The molecule has 4 rings (SSSR count). The number of nitrogen functional groups attached to an aromatic ring is 1. The largest absolute Gasteiger partial charge is 0.398 e. The van der Waals surface area contributed by atoms with Crippen molar-refractivity contribution < 1.29 is 0 Å². The van der Waals surface area contributed by atoms with E-state index in [1.54, 1.807) is 0 Å². The third kappa shape index (κ3) is 1.66. The fourth-order valence-corrected chi connectivity index (χ4v) is 4.14. The summed E-state index contributed by atoms with van der Waals surface area (Å²) in [6.45, 7) is 0. The Kier molecular flexibility index (Phi) is 2.34. The van der Waals surface area contributed by atoms with Gasteiger partial charge in [0.25, 0.3) is 0 Å². The van der Waals surface area contributed by atoms with Crippen molar-refractivity contribution in [1.29, 1.82) is 0 Å². The van der Waals surface area contributed by atoms with E-state index in [4.69, 9.17) is 22.3 Å². The maximum Gasteiger partial charge on any atom is 0.0741 e. The summed E-state index contributed by atoms with van der Waals surface area (Å²) >= 11 is 6.06. The molecule has 0 saturated heterocycles. The zero-order chi connectivity index (χ0) is 13.0. The molecule has 0 aliphatic heterocycles. The predicted octanol–water partition coefficient (Wildman–Crippen LogP) is 4.13. The maximum atomic E-state index is 6.39. The molecule has 2 aromatic rings. The molecule has 1 saturated carbocycles. The monoisotopic (exact) mass is 272 g/mol. The smallest absolute Gasteiger partial charge is 0.0741 e. The van der Waals surface area contributed by atoms with Gasteiger partial charge in [-0.05, 0) is 54.9 Å². The van der Waals surface area contributed by atoms with Gasteiger partial charge in [-0.3, -0.25) is 4.98 Å². The van der Waals surface area contributed by atoms with Crippen molar-refractivity contribution in [2.45, 2.75) is 38.5 Å². The first-order chi connectivity index (χ1) is 9.17. The standard InChI is InChI=1S/C16H17ClN2/c17-10-3-4-11-13(7-10)19-14-9-16(5-1-2-6-16)8-12(14)15(11)18/h3-4,7H,1-2,5-6,8-9H2,(H2,18,19). The first kappa shape index (κ1) is 11.5. The molecule has 98 valence electrons.